The first-order chi connectivity index (χ1) is 21.8. The van der Waals surface area contributed by atoms with Crippen molar-refractivity contribution in [3.05, 3.63) is 70.8 Å². The highest BCUT2D eigenvalue weighted by molar-refractivity contribution is 5.94. The van der Waals surface area contributed by atoms with Crippen LogP contribution in [-0.2, 0) is 47.8 Å². The quantitative estimate of drug-likeness (QED) is 0.209. The minimum absolute atomic E-state index is 0.0585. The van der Waals surface area contributed by atoms with Crippen LogP contribution in [0.2, 0.25) is 0 Å². The Balaban J connectivity index is 0.000000327. The van der Waals surface area contributed by atoms with Crippen molar-refractivity contribution >= 4 is 23.8 Å². The number of cyclic esters (lactones) is 1. The van der Waals surface area contributed by atoms with Gasteiger partial charge in [-0.2, -0.15) is 0 Å². The molecular formula is C38H56N2O7. The zero-order valence-corrected chi connectivity index (χ0v) is 29.8. The van der Waals surface area contributed by atoms with Gasteiger partial charge in [0.1, 0.15) is 12.0 Å². The first kappa shape index (κ1) is 39.5. The number of ether oxygens (including phenoxy) is 1. The molecule has 1 saturated heterocycles. The van der Waals surface area contributed by atoms with Gasteiger partial charge < -0.3 is 25.6 Å². The Morgan fingerprint density at radius 2 is 1.23 bits per heavy atom. The summed E-state index contributed by atoms with van der Waals surface area (Å²) in [6.45, 7) is 21.2. The molecule has 1 aliphatic rings. The molecule has 9 nitrogen and oxygen atoms in total. The summed E-state index contributed by atoms with van der Waals surface area (Å²) in [7, 11) is 0. The molecule has 1 heterocycles. The summed E-state index contributed by atoms with van der Waals surface area (Å²) in [5, 5.41) is 24.8. The monoisotopic (exact) mass is 652 g/mol. The maximum absolute atomic E-state index is 12.2. The molecule has 2 aromatic carbocycles. The van der Waals surface area contributed by atoms with Crippen LogP contribution >= 0.6 is 0 Å². The van der Waals surface area contributed by atoms with Crippen molar-refractivity contribution in [1.29, 1.82) is 0 Å². The number of carbonyl (C=O) groups excluding carboxylic acids is 3. The molecule has 2 aromatic rings. The van der Waals surface area contributed by atoms with Crippen molar-refractivity contribution in [3.8, 4) is 0 Å². The van der Waals surface area contributed by atoms with E-state index >= 15 is 0 Å². The van der Waals surface area contributed by atoms with Crippen LogP contribution in [0.4, 0.5) is 0 Å². The van der Waals surface area contributed by atoms with Gasteiger partial charge in [-0.15, -0.1) is 0 Å². The smallest absolute Gasteiger partial charge is 0.314 e. The van der Waals surface area contributed by atoms with E-state index in [1.165, 1.54) is 11.1 Å². The van der Waals surface area contributed by atoms with Crippen LogP contribution in [0.5, 0.6) is 0 Å². The summed E-state index contributed by atoms with van der Waals surface area (Å²) in [6, 6.07) is 16.1. The second kappa shape index (κ2) is 16.9. The number of aliphatic carboxylic acids is 1. The molecule has 1 fully saturated rings. The van der Waals surface area contributed by atoms with Crippen molar-refractivity contribution in [2.75, 3.05) is 0 Å². The van der Waals surface area contributed by atoms with Gasteiger partial charge in [0.15, 0.2) is 6.10 Å². The van der Waals surface area contributed by atoms with Crippen LogP contribution in [0.1, 0.15) is 104 Å². The molecule has 260 valence electrons. The molecule has 0 aromatic heterocycles. The van der Waals surface area contributed by atoms with Gasteiger partial charge in [-0.05, 0) is 44.9 Å². The standard InChI is InChI=1S/C19H29NO4.C19H27NO3/c1-6-12(2)15(18(23)24)16(21)17(22)20-11-13-7-9-14(10-8-13)19(3,4)5;1-6-12(2)15-16(23-18(15)22)17(21)20-11-13-7-9-14(10-8-13)19(3,4)5/h7-10,12,15-16,21H,6,11H2,1-5H3,(H,20,22)(H,23,24);7-10,12,15-16H,6,11H2,1-5H3,(H,20,21)/t2*12-,15-,16+/m00/s1. The molecule has 9 heteroatoms. The topological polar surface area (TPSA) is 142 Å². The van der Waals surface area contributed by atoms with E-state index in [4.69, 9.17) is 4.74 Å². The number of aliphatic hydroxyl groups is 1. The van der Waals surface area contributed by atoms with Gasteiger partial charge in [0.2, 0.25) is 5.91 Å². The number of benzene rings is 2. The summed E-state index contributed by atoms with van der Waals surface area (Å²) in [6.07, 6.45) is -0.745. The van der Waals surface area contributed by atoms with Gasteiger partial charge >= 0.3 is 11.9 Å². The van der Waals surface area contributed by atoms with E-state index in [-0.39, 0.29) is 47.0 Å². The van der Waals surface area contributed by atoms with Gasteiger partial charge in [0.25, 0.3) is 5.91 Å². The average molecular weight is 653 g/mol. The first-order valence-electron chi connectivity index (χ1n) is 16.7. The highest BCUT2D eigenvalue weighted by atomic mass is 16.6. The third-order valence-corrected chi connectivity index (χ3v) is 9.08. The molecule has 1 aliphatic heterocycles. The number of amides is 2. The van der Waals surface area contributed by atoms with Crippen LogP contribution in [0, 0.1) is 23.7 Å². The van der Waals surface area contributed by atoms with E-state index in [0.29, 0.717) is 13.0 Å². The van der Waals surface area contributed by atoms with Gasteiger partial charge in [0.05, 0.1) is 5.92 Å². The molecule has 0 spiro atoms. The van der Waals surface area contributed by atoms with Crippen molar-refractivity contribution in [3.63, 3.8) is 0 Å². The number of hydrogen-bond acceptors (Lipinski definition) is 6. The van der Waals surface area contributed by atoms with Crippen LogP contribution < -0.4 is 10.6 Å². The summed E-state index contributed by atoms with van der Waals surface area (Å²) < 4.78 is 5.04. The summed E-state index contributed by atoms with van der Waals surface area (Å²) in [5.41, 5.74) is 4.57. The SMILES string of the molecule is CC[C@H](C)[C@@H]1C(=O)O[C@H]1C(=O)NCc1ccc(C(C)(C)C)cc1.CC[C@H](C)[C@H](C(=O)O)[C@@H](O)C(=O)NCc1ccc(C(C)(C)C)cc1. The molecule has 47 heavy (non-hydrogen) atoms. The van der Waals surface area contributed by atoms with E-state index in [1.807, 2.05) is 57.2 Å². The number of rotatable bonds is 12. The van der Waals surface area contributed by atoms with Crippen LogP contribution in [0.15, 0.2) is 48.5 Å². The highest BCUT2D eigenvalue weighted by Gasteiger charge is 2.49. The Hall–Kier alpha value is -3.72. The number of esters is 1. The van der Waals surface area contributed by atoms with Gasteiger partial charge in [-0.3, -0.25) is 19.2 Å². The fraction of sp³-hybridized carbons (Fsp3) is 0.579. The summed E-state index contributed by atoms with van der Waals surface area (Å²) >= 11 is 0. The maximum atomic E-state index is 12.2. The summed E-state index contributed by atoms with van der Waals surface area (Å²) in [4.78, 5) is 47.2. The Kier molecular flexibility index (Phi) is 14.2. The molecule has 0 unspecified atom stereocenters. The number of aliphatic hydroxyl groups excluding tert-OH is 1. The van der Waals surface area contributed by atoms with Crippen molar-refractivity contribution in [2.45, 2.75) is 118 Å². The summed E-state index contributed by atoms with van der Waals surface area (Å²) in [5.74, 6) is -3.78. The van der Waals surface area contributed by atoms with E-state index in [1.54, 1.807) is 6.92 Å². The number of hydrogen-bond donors (Lipinski definition) is 4. The Labute approximate surface area is 280 Å². The Morgan fingerprint density at radius 3 is 1.60 bits per heavy atom. The minimum atomic E-state index is -1.55. The lowest BCUT2D eigenvalue weighted by Crippen LogP contribution is -2.56. The van der Waals surface area contributed by atoms with Crippen LogP contribution in [-0.4, -0.2) is 46.2 Å². The zero-order chi connectivity index (χ0) is 35.7. The van der Waals surface area contributed by atoms with E-state index < -0.39 is 30.0 Å². The van der Waals surface area contributed by atoms with Gasteiger partial charge in [-0.1, -0.05) is 131 Å². The molecule has 0 aliphatic carbocycles. The van der Waals surface area contributed by atoms with Crippen molar-refractivity contribution < 1.29 is 34.1 Å². The predicted octanol–water partition coefficient (Wildman–Crippen LogP) is 5.90. The molecule has 0 radical (unpaired) electrons. The minimum Gasteiger partial charge on any atom is -0.481 e. The van der Waals surface area contributed by atoms with Crippen molar-refractivity contribution in [2.24, 2.45) is 23.7 Å². The van der Waals surface area contributed by atoms with Crippen molar-refractivity contribution in [1.82, 2.24) is 10.6 Å². The number of carbonyl (C=O) groups is 4. The normalized spacial score (nSPS) is 18.7. The highest BCUT2D eigenvalue weighted by Crippen LogP contribution is 2.31. The fourth-order valence-electron chi connectivity index (χ4n) is 5.26. The van der Waals surface area contributed by atoms with E-state index in [0.717, 1.165) is 17.5 Å². The maximum Gasteiger partial charge on any atom is 0.314 e. The van der Waals surface area contributed by atoms with Gasteiger partial charge in [0, 0.05) is 13.1 Å². The fourth-order valence-corrected chi connectivity index (χ4v) is 5.26. The molecular weight excluding hydrogens is 596 g/mol. The van der Waals surface area contributed by atoms with Gasteiger partial charge in [-0.25, -0.2) is 0 Å². The second-order valence-electron chi connectivity index (χ2n) is 14.8. The Bertz CT molecular complexity index is 1340. The average Bonchev–Trinajstić information content (AvgIpc) is 3.00. The van der Waals surface area contributed by atoms with E-state index in [9.17, 15) is 29.4 Å². The van der Waals surface area contributed by atoms with E-state index in [2.05, 4.69) is 64.3 Å². The molecule has 0 saturated carbocycles. The van der Waals surface area contributed by atoms with Crippen LogP contribution in [0.25, 0.3) is 0 Å². The molecule has 6 atom stereocenters. The second-order valence-corrected chi connectivity index (χ2v) is 14.8. The lowest BCUT2D eigenvalue weighted by Gasteiger charge is -2.37. The number of carboxylic acid groups (broad SMARTS) is 1. The first-order valence-corrected chi connectivity index (χ1v) is 16.7. The predicted molar refractivity (Wildman–Crippen MR) is 183 cm³/mol. The third kappa shape index (κ3) is 11.2. The molecule has 4 N–H and O–H groups in total. The molecule has 3 rings (SSSR count). The Morgan fingerprint density at radius 1 is 0.787 bits per heavy atom. The zero-order valence-electron chi connectivity index (χ0n) is 29.8. The lowest BCUT2D eigenvalue weighted by atomic mass is 9.83. The number of nitrogens with one attached hydrogen (secondary N) is 2. The molecule has 2 amide bonds. The van der Waals surface area contributed by atoms with Crippen LogP contribution in [0.3, 0.4) is 0 Å². The third-order valence-electron chi connectivity index (χ3n) is 9.08. The number of carboxylic acids is 1. The lowest BCUT2D eigenvalue weighted by molar-refractivity contribution is -0.193. The molecule has 0 bridgehead atoms. The largest absolute Gasteiger partial charge is 0.481 e.